The lowest BCUT2D eigenvalue weighted by molar-refractivity contribution is -0.122. The van der Waals surface area contributed by atoms with Crippen molar-refractivity contribution in [1.29, 1.82) is 0 Å². The zero-order valence-electron chi connectivity index (χ0n) is 16.3. The van der Waals surface area contributed by atoms with Crippen LogP contribution in [-0.2, 0) is 9.59 Å². The summed E-state index contributed by atoms with van der Waals surface area (Å²) in [5.41, 5.74) is 5.54. The van der Waals surface area contributed by atoms with Crippen molar-refractivity contribution in [3.8, 4) is 0 Å². The van der Waals surface area contributed by atoms with Crippen molar-refractivity contribution in [1.82, 2.24) is 10.9 Å². The Morgan fingerprint density at radius 2 is 1.24 bits per heavy atom. The van der Waals surface area contributed by atoms with Crippen molar-refractivity contribution in [2.75, 3.05) is 0 Å². The van der Waals surface area contributed by atoms with Crippen LogP contribution in [0.2, 0.25) is 0 Å². The molecule has 0 aliphatic rings. The standard InChI is InChI=1S/C19H36N4O2/c1-4-6-8-10-12-14-18(24)22-20-16-17(3)21-23-19(25)15-13-11-9-7-5-2/h16H,4-15H2,1-3H3,(H,22,24)(H,23,25)/b20-16-,21-17-. The molecule has 144 valence electrons. The van der Waals surface area contributed by atoms with Gasteiger partial charge in [0.1, 0.15) is 0 Å². The lowest BCUT2D eigenvalue weighted by Gasteiger charge is -2.01. The molecule has 0 radical (unpaired) electrons. The van der Waals surface area contributed by atoms with E-state index in [0.29, 0.717) is 18.6 Å². The Hall–Kier alpha value is -1.72. The molecule has 2 amide bonds. The summed E-state index contributed by atoms with van der Waals surface area (Å²) in [6.45, 7) is 6.06. The molecule has 0 heterocycles. The zero-order chi connectivity index (χ0) is 18.8. The summed E-state index contributed by atoms with van der Waals surface area (Å²) in [4.78, 5) is 23.2. The van der Waals surface area contributed by atoms with Crippen LogP contribution in [0.25, 0.3) is 0 Å². The molecule has 6 heteroatoms. The first-order valence-electron chi connectivity index (χ1n) is 9.75. The summed E-state index contributed by atoms with van der Waals surface area (Å²) >= 11 is 0. The van der Waals surface area contributed by atoms with Gasteiger partial charge in [0.05, 0.1) is 11.9 Å². The molecule has 0 spiro atoms. The Morgan fingerprint density at radius 1 is 0.760 bits per heavy atom. The molecular weight excluding hydrogens is 316 g/mol. The van der Waals surface area contributed by atoms with Gasteiger partial charge in [0.15, 0.2) is 0 Å². The number of nitrogens with zero attached hydrogens (tertiary/aromatic N) is 2. The molecule has 0 aromatic rings. The van der Waals surface area contributed by atoms with Crippen LogP contribution in [0.3, 0.4) is 0 Å². The van der Waals surface area contributed by atoms with Crippen LogP contribution in [0.5, 0.6) is 0 Å². The topological polar surface area (TPSA) is 82.9 Å². The second-order valence-corrected chi connectivity index (χ2v) is 6.41. The average molecular weight is 353 g/mol. The lowest BCUT2D eigenvalue weighted by atomic mass is 10.1. The third-order valence-corrected chi connectivity index (χ3v) is 3.81. The smallest absolute Gasteiger partial charge is 0.240 e. The molecule has 2 N–H and O–H groups in total. The Morgan fingerprint density at radius 3 is 1.76 bits per heavy atom. The van der Waals surface area contributed by atoms with Crippen molar-refractivity contribution in [3.05, 3.63) is 0 Å². The van der Waals surface area contributed by atoms with Gasteiger partial charge in [0.25, 0.3) is 0 Å². The Kier molecular flexibility index (Phi) is 15.9. The molecule has 0 aliphatic heterocycles. The molecule has 0 aliphatic carbocycles. The quantitative estimate of drug-likeness (QED) is 0.262. The van der Waals surface area contributed by atoms with Gasteiger partial charge in [-0.05, 0) is 19.8 Å². The highest BCUT2D eigenvalue weighted by Crippen LogP contribution is 2.05. The fraction of sp³-hybridized carbons (Fsp3) is 0.789. The number of hydrogen-bond acceptors (Lipinski definition) is 4. The van der Waals surface area contributed by atoms with E-state index in [9.17, 15) is 9.59 Å². The normalized spacial score (nSPS) is 11.7. The van der Waals surface area contributed by atoms with E-state index in [0.717, 1.165) is 25.7 Å². The molecule has 0 rings (SSSR count). The van der Waals surface area contributed by atoms with E-state index in [1.165, 1.54) is 44.7 Å². The van der Waals surface area contributed by atoms with E-state index < -0.39 is 0 Å². The van der Waals surface area contributed by atoms with Gasteiger partial charge in [-0.15, -0.1) is 0 Å². The van der Waals surface area contributed by atoms with E-state index >= 15 is 0 Å². The first-order valence-corrected chi connectivity index (χ1v) is 9.75. The van der Waals surface area contributed by atoms with E-state index in [1.54, 1.807) is 6.92 Å². The number of hydrazone groups is 2. The van der Waals surface area contributed by atoms with E-state index in [1.807, 2.05) is 0 Å². The van der Waals surface area contributed by atoms with E-state index in [4.69, 9.17) is 0 Å². The average Bonchev–Trinajstić information content (AvgIpc) is 2.59. The number of nitrogens with one attached hydrogen (secondary N) is 2. The maximum Gasteiger partial charge on any atom is 0.240 e. The van der Waals surface area contributed by atoms with Gasteiger partial charge in [-0.2, -0.15) is 10.2 Å². The molecule has 0 aromatic heterocycles. The SMILES string of the molecule is CCCCCCCC(=O)N/N=C\C(C)=N/NC(=O)CCCCCCC. The predicted molar refractivity (Wildman–Crippen MR) is 105 cm³/mol. The fourth-order valence-corrected chi connectivity index (χ4v) is 2.27. The Labute approximate surface area is 152 Å². The molecule has 6 nitrogen and oxygen atoms in total. The van der Waals surface area contributed by atoms with Gasteiger partial charge in [-0.25, -0.2) is 10.9 Å². The van der Waals surface area contributed by atoms with Crippen molar-refractivity contribution in [2.45, 2.75) is 97.8 Å². The molecule has 0 unspecified atom stereocenters. The number of amides is 2. The predicted octanol–water partition coefficient (Wildman–Crippen LogP) is 4.30. The summed E-state index contributed by atoms with van der Waals surface area (Å²) in [7, 11) is 0. The summed E-state index contributed by atoms with van der Waals surface area (Å²) in [6.07, 6.45) is 13.6. The van der Waals surface area contributed by atoms with Crippen LogP contribution in [0.15, 0.2) is 10.2 Å². The summed E-state index contributed by atoms with van der Waals surface area (Å²) < 4.78 is 0. The summed E-state index contributed by atoms with van der Waals surface area (Å²) in [5.74, 6) is -0.169. The fourth-order valence-electron chi connectivity index (χ4n) is 2.27. The van der Waals surface area contributed by atoms with Crippen LogP contribution in [0.4, 0.5) is 0 Å². The number of hydrogen-bond donors (Lipinski definition) is 2. The van der Waals surface area contributed by atoms with Crippen molar-refractivity contribution in [2.24, 2.45) is 10.2 Å². The van der Waals surface area contributed by atoms with Crippen molar-refractivity contribution in [3.63, 3.8) is 0 Å². The third kappa shape index (κ3) is 16.9. The number of carbonyl (C=O) groups is 2. The van der Waals surface area contributed by atoms with Gasteiger partial charge in [0.2, 0.25) is 11.8 Å². The Balaban J connectivity index is 3.78. The maximum absolute atomic E-state index is 11.6. The second kappa shape index (κ2) is 17.1. The van der Waals surface area contributed by atoms with Crippen molar-refractivity contribution >= 4 is 23.7 Å². The summed E-state index contributed by atoms with van der Waals surface area (Å²) in [6, 6.07) is 0. The number of rotatable bonds is 15. The molecule has 0 saturated heterocycles. The van der Waals surface area contributed by atoms with Gasteiger partial charge < -0.3 is 0 Å². The molecule has 0 saturated carbocycles. The first kappa shape index (κ1) is 23.3. The van der Waals surface area contributed by atoms with Gasteiger partial charge in [-0.3, -0.25) is 9.59 Å². The zero-order valence-corrected chi connectivity index (χ0v) is 16.3. The van der Waals surface area contributed by atoms with Crippen LogP contribution >= 0.6 is 0 Å². The first-order chi connectivity index (χ1) is 12.1. The monoisotopic (exact) mass is 352 g/mol. The highest BCUT2D eigenvalue weighted by atomic mass is 16.2. The van der Waals surface area contributed by atoms with Gasteiger partial charge >= 0.3 is 0 Å². The minimum atomic E-state index is -0.0864. The lowest BCUT2D eigenvalue weighted by Crippen LogP contribution is -2.20. The molecule has 0 atom stereocenters. The van der Waals surface area contributed by atoms with Crippen LogP contribution in [0, 0.1) is 0 Å². The number of unbranched alkanes of at least 4 members (excludes halogenated alkanes) is 8. The maximum atomic E-state index is 11.6. The van der Waals surface area contributed by atoms with Gasteiger partial charge in [-0.1, -0.05) is 65.2 Å². The third-order valence-electron chi connectivity index (χ3n) is 3.81. The van der Waals surface area contributed by atoms with Crippen molar-refractivity contribution < 1.29 is 9.59 Å². The molecule has 0 bridgehead atoms. The highest BCUT2D eigenvalue weighted by Gasteiger charge is 2.00. The largest absolute Gasteiger partial charge is 0.273 e. The molecule has 0 fully saturated rings. The van der Waals surface area contributed by atoms with Crippen LogP contribution < -0.4 is 10.9 Å². The van der Waals surface area contributed by atoms with Crippen LogP contribution in [0.1, 0.15) is 97.8 Å². The Bertz CT molecular complexity index is 420. The van der Waals surface area contributed by atoms with E-state index in [-0.39, 0.29) is 11.8 Å². The molecular formula is C19H36N4O2. The highest BCUT2D eigenvalue weighted by molar-refractivity contribution is 6.29. The number of carbonyl (C=O) groups excluding carboxylic acids is 2. The summed E-state index contributed by atoms with van der Waals surface area (Å²) in [5, 5.41) is 7.80. The minimum absolute atomic E-state index is 0.0830. The van der Waals surface area contributed by atoms with Crippen LogP contribution in [-0.4, -0.2) is 23.7 Å². The van der Waals surface area contributed by atoms with Gasteiger partial charge in [0, 0.05) is 12.8 Å². The molecule has 0 aromatic carbocycles. The minimum Gasteiger partial charge on any atom is -0.273 e. The molecule has 25 heavy (non-hydrogen) atoms. The van der Waals surface area contributed by atoms with E-state index in [2.05, 4.69) is 34.9 Å². The second-order valence-electron chi connectivity index (χ2n) is 6.41.